The van der Waals surface area contributed by atoms with Crippen LogP contribution < -0.4 is 21.7 Å². The number of carbonyl (C=O) groups is 4. The summed E-state index contributed by atoms with van der Waals surface area (Å²) in [4.78, 5) is 60.9. The van der Waals surface area contributed by atoms with Crippen LogP contribution >= 0.6 is 0 Å². The van der Waals surface area contributed by atoms with Gasteiger partial charge in [-0.25, -0.2) is 9.78 Å². The van der Waals surface area contributed by atoms with E-state index in [2.05, 4.69) is 30.9 Å². The molecule has 3 amide bonds. The summed E-state index contributed by atoms with van der Waals surface area (Å²) in [5.41, 5.74) is 8.12. The van der Waals surface area contributed by atoms with E-state index in [0.717, 1.165) is 16.5 Å². The first kappa shape index (κ1) is 30.3. The molecule has 5 unspecified atom stereocenters. The van der Waals surface area contributed by atoms with Crippen molar-refractivity contribution >= 4 is 34.6 Å². The minimum absolute atomic E-state index is 0.0711. The molecule has 9 N–H and O–H groups in total. The highest BCUT2D eigenvalue weighted by Crippen LogP contribution is 2.19. The van der Waals surface area contributed by atoms with Crippen molar-refractivity contribution < 1.29 is 29.4 Å². The maximum atomic E-state index is 13.5. The summed E-state index contributed by atoms with van der Waals surface area (Å²) in [5, 5.41) is 28.3. The number of aromatic nitrogens is 3. The van der Waals surface area contributed by atoms with E-state index < -0.39 is 54.0 Å². The normalized spacial score (nSPS) is 15.2. The van der Waals surface area contributed by atoms with Crippen LogP contribution in [0.4, 0.5) is 0 Å². The van der Waals surface area contributed by atoms with Crippen molar-refractivity contribution in [2.45, 2.75) is 70.3 Å². The first-order valence-electron chi connectivity index (χ1n) is 13.1. The maximum absolute atomic E-state index is 13.5. The molecule has 0 aliphatic rings. The number of para-hydroxylation sites is 1. The van der Waals surface area contributed by atoms with Gasteiger partial charge in [0, 0.05) is 41.8 Å². The number of carboxylic acids is 1. The molecule has 0 saturated heterocycles. The number of amides is 3. The number of nitrogens with zero attached hydrogens (tertiary/aromatic N) is 1. The maximum Gasteiger partial charge on any atom is 0.326 e. The molecule has 1 aromatic carbocycles. The second-order valence-electron chi connectivity index (χ2n) is 10.3. The molecule has 216 valence electrons. The highest BCUT2D eigenvalue weighted by atomic mass is 16.4. The summed E-state index contributed by atoms with van der Waals surface area (Å²) < 4.78 is 0. The van der Waals surface area contributed by atoms with Gasteiger partial charge in [-0.1, -0.05) is 32.0 Å². The van der Waals surface area contributed by atoms with Gasteiger partial charge in [0.1, 0.15) is 18.1 Å². The molecular formula is C27H37N7O6. The largest absolute Gasteiger partial charge is 0.480 e. The van der Waals surface area contributed by atoms with E-state index in [0.29, 0.717) is 12.1 Å². The Balaban J connectivity index is 1.80. The van der Waals surface area contributed by atoms with E-state index in [1.54, 1.807) is 6.20 Å². The number of nitrogens with one attached hydrogen (secondary N) is 5. The Morgan fingerprint density at radius 3 is 2.27 bits per heavy atom. The van der Waals surface area contributed by atoms with Gasteiger partial charge in [-0.15, -0.1) is 0 Å². The van der Waals surface area contributed by atoms with Gasteiger partial charge in [-0.2, -0.15) is 0 Å². The number of hydrogen-bond donors (Lipinski definition) is 8. The predicted molar refractivity (Wildman–Crippen MR) is 147 cm³/mol. The zero-order chi connectivity index (χ0) is 29.4. The summed E-state index contributed by atoms with van der Waals surface area (Å²) in [6.07, 6.45) is 3.55. The number of aliphatic hydroxyl groups excluding tert-OH is 1. The van der Waals surface area contributed by atoms with Crippen LogP contribution in [0.3, 0.4) is 0 Å². The number of aliphatic hydroxyl groups is 1. The van der Waals surface area contributed by atoms with Crippen LogP contribution in [0.5, 0.6) is 0 Å². The van der Waals surface area contributed by atoms with E-state index in [1.807, 2.05) is 38.1 Å². The molecule has 0 spiro atoms. The van der Waals surface area contributed by atoms with Crippen LogP contribution in [0.2, 0.25) is 0 Å². The number of hydrogen-bond acceptors (Lipinski definition) is 7. The zero-order valence-corrected chi connectivity index (χ0v) is 22.7. The van der Waals surface area contributed by atoms with E-state index in [4.69, 9.17) is 5.73 Å². The number of aromatic amines is 2. The predicted octanol–water partition coefficient (Wildman–Crippen LogP) is -0.0306. The molecular weight excluding hydrogens is 518 g/mol. The lowest BCUT2D eigenvalue weighted by molar-refractivity contribution is -0.143. The van der Waals surface area contributed by atoms with Crippen molar-refractivity contribution in [3.05, 3.63) is 54.2 Å². The molecule has 3 aromatic rings. The fraction of sp³-hybridized carbons (Fsp3) is 0.444. The van der Waals surface area contributed by atoms with Crippen molar-refractivity contribution in [1.29, 1.82) is 0 Å². The third kappa shape index (κ3) is 8.13. The number of carbonyl (C=O) groups excluding carboxylic acids is 3. The van der Waals surface area contributed by atoms with Crippen molar-refractivity contribution in [1.82, 2.24) is 30.9 Å². The van der Waals surface area contributed by atoms with Crippen molar-refractivity contribution in [3.63, 3.8) is 0 Å². The summed E-state index contributed by atoms with van der Waals surface area (Å²) in [6, 6.07) is 2.63. The quantitative estimate of drug-likeness (QED) is 0.135. The Morgan fingerprint density at radius 1 is 0.950 bits per heavy atom. The lowest BCUT2D eigenvalue weighted by atomic mass is 10.0. The molecule has 40 heavy (non-hydrogen) atoms. The van der Waals surface area contributed by atoms with Crippen molar-refractivity contribution in [2.75, 3.05) is 0 Å². The molecule has 5 atom stereocenters. The molecule has 3 rings (SSSR count). The number of imidazole rings is 1. The van der Waals surface area contributed by atoms with Crippen LogP contribution in [-0.4, -0.2) is 79.1 Å². The molecule has 0 aliphatic carbocycles. The second-order valence-corrected chi connectivity index (χ2v) is 10.3. The third-order valence-electron chi connectivity index (χ3n) is 6.45. The standard InChI is InChI=1S/C27H37N7O6/c1-14(2)8-19(28)24(36)32-21(9-16-11-30-20-7-5-4-6-18(16)20)25(37)34-23(15(3)35)26(38)33-22(27(39)40)10-17-12-29-13-31-17/h4-7,11-15,19,21-23,30,35H,8-10,28H2,1-3H3,(H,29,31)(H,32,36)(H,33,38)(H,34,37)(H,39,40). The summed E-state index contributed by atoms with van der Waals surface area (Å²) in [5.74, 6) is -3.32. The zero-order valence-electron chi connectivity index (χ0n) is 22.7. The van der Waals surface area contributed by atoms with Crippen LogP contribution in [0.15, 0.2) is 43.0 Å². The van der Waals surface area contributed by atoms with Gasteiger partial charge >= 0.3 is 5.97 Å². The first-order chi connectivity index (χ1) is 19.0. The molecule has 2 heterocycles. The molecule has 0 fully saturated rings. The van der Waals surface area contributed by atoms with Gasteiger partial charge in [-0.3, -0.25) is 14.4 Å². The van der Waals surface area contributed by atoms with Gasteiger partial charge in [0.2, 0.25) is 17.7 Å². The summed E-state index contributed by atoms with van der Waals surface area (Å²) in [7, 11) is 0. The highest BCUT2D eigenvalue weighted by Gasteiger charge is 2.33. The van der Waals surface area contributed by atoms with Gasteiger partial charge in [0.25, 0.3) is 0 Å². The molecule has 13 nitrogen and oxygen atoms in total. The van der Waals surface area contributed by atoms with E-state index in [1.165, 1.54) is 19.4 Å². The van der Waals surface area contributed by atoms with Gasteiger partial charge in [-0.05, 0) is 30.9 Å². The van der Waals surface area contributed by atoms with Gasteiger partial charge < -0.3 is 41.9 Å². The van der Waals surface area contributed by atoms with Crippen LogP contribution in [0, 0.1) is 5.92 Å². The Morgan fingerprint density at radius 2 is 1.65 bits per heavy atom. The smallest absolute Gasteiger partial charge is 0.326 e. The molecule has 0 bridgehead atoms. The average molecular weight is 556 g/mol. The number of carboxylic acid groups (broad SMARTS) is 1. The topological polar surface area (TPSA) is 215 Å². The van der Waals surface area contributed by atoms with E-state index in [9.17, 15) is 29.4 Å². The summed E-state index contributed by atoms with van der Waals surface area (Å²) in [6.45, 7) is 5.14. The minimum Gasteiger partial charge on any atom is -0.480 e. The van der Waals surface area contributed by atoms with Crippen molar-refractivity contribution in [3.8, 4) is 0 Å². The SMILES string of the molecule is CC(C)CC(N)C(=O)NC(Cc1c[nH]c2ccccc12)C(=O)NC(C(=O)NC(Cc1cnc[nH]1)C(=O)O)C(C)O. The number of benzene rings is 1. The molecule has 13 heteroatoms. The molecule has 0 saturated carbocycles. The average Bonchev–Trinajstić information content (AvgIpc) is 3.55. The number of nitrogens with two attached hydrogens (primary N) is 1. The fourth-order valence-corrected chi connectivity index (χ4v) is 4.36. The third-order valence-corrected chi connectivity index (χ3v) is 6.45. The Bertz CT molecular complexity index is 1300. The Labute approximate surface area is 231 Å². The van der Waals surface area contributed by atoms with Crippen LogP contribution in [0.25, 0.3) is 10.9 Å². The second kappa shape index (κ2) is 13.7. The van der Waals surface area contributed by atoms with Crippen molar-refractivity contribution in [2.24, 2.45) is 11.7 Å². The lowest BCUT2D eigenvalue weighted by Gasteiger charge is -2.26. The number of rotatable bonds is 14. The number of fused-ring (bicyclic) bond motifs is 1. The monoisotopic (exact) mass is 555 g/mol. The Hall–Kier alpha value is -4.23. The summed E-state index contributed by atoms with van der Waals surface area (Å²) >= 11 is 0. The Kier molecular flexibility index (Phi) is 10.4. The lowest BCUT2D eigenvalue weighted by Crippen LogP contribution is -2.60. The minimum atomic E-state index is -1.50. The molecule has 2 aromatic heterocycles. The molecule has 0 aliphatic heterocycles. The van der Waals surface area contributed by atoms with E-state index in [-0.39, 0.29) is 18.8 Å². The highest BCUT2D eigenvalue weighted by molar-refractivity contribution is 5.95. The number of H-pyrrole nitrogens is 2. The van der Waals surface area contributed by atoms with Gasteiger partial charge in [0.15, 0.2) is 0 Å². The number of aliphatic carboxylic acids is 1. The van der Waals surface area contributed by atoms with E-state index >= 15 is 0 Å². The molecule has 0 radical (unpaired) electrons. The first-order valence-corrected chi connectivity index (χ1v) is 13.1. The van der Waals surface area contributed by atoms with Crippen LogP contribution in [-0.2, 0) is 32.0 Å². The van der Waals surface area contributed by atoms with Gasteiger partial charge in [0.05, 0.1) is 18.5 Å². The fourth-order valence-electron chi connectivity index (χ4n) is 4.36. The van der Waals surface area contributed by atoms with Crippen LogP contribution in [0.1, 0.15) is 38.4 Å².